The van der Waals surface area contributed by atoms with E-state index >= 15 is 0 Å². The van der Waals surface area contributed by atoms with E-state index in [0.29, 0.717) is 40.4 Å². The standard InChI is InChI=1S/C26H30N4O5S/c1-3-4-5-18-6-8-19(9-7-18)25(32)30(14-15-33-2)13-12-23(31)27-26-29-28-24(36-26)20-10-11-21-22(16-20)35-17-34-21/h6-11,16H,3-5,12-15,17H2,1-2H3,(H,27,29,31). The molecular weight excluding hydrogens is 480 g/mol. The molecule has 1 aromatic heterocycles. The average molecular weight is 511 g/mol. The molecule has 10 heteroatoms. The summed E-state index contributed by atoms with van der Waals surface area (Å²) in [6.45, 7) is 3.40. The van der Waals surface area contributed by atoms with E-state index < -0.39 is 0 Å². The SMILES string of the molecule is CCCCc1ccc(C(=O)N(CCOC)CCC(=O)Nc2nnc(-c3ccc4c(c3)OCO4)s2)cc1. The molecule has 0 fully saturated rings. The summed E-state index contributed by atoms with van der Waals surface area (Å²) in [4.78, 5) is 27.3. The summed E-state index contributed by atoms with van der Waals surface area (Å²) in [6, 6.07) is 13.2. The average Bonchev–Trinajstić information content (AvgIpc) is 3.56. The molecule has 4 rings (SSSR count). The first kappa shape index (κ1) is 25.6. The van der Waals surface area contributed by atoms with Crippen molar-refractivity contribution in [1.82, 2.24) is 15.1 Å². The van der Waals surface area contributed by atoms with Crippen molar-refractivity contribution in [2.24, 2.45) is 0 Å². The molecule has 0 saturated carbocycles. The molecular formula is C26H30N4O5S. The lowest BCUT2D eigenvalue weighted by atomic mass is 10.1. The molecule has 2 amide bonds. The van der Waals surface area contributed by atoms with Gasteiger partial charge in [0.1, 0.15) is 5.01 Å². The summed E-state index contributed by atoms with van der Waals surface area (Å²) in [7, 11) is 1.59. The van der Waals surface area contributed by atoms with Crippen LogP contribution >= 0.6 is 11.3 Å². The third-order valence-corrected chi connectivity index (χ3v) is 6.66. The van der Waals surface area contributed by atoms with E-state index in [1.165, 1.54) is 16.9 Å². The maximum absolute atomic E-state index is 13.1. The Morgan fingerprint density at radius 1 is 1.08 bits per heavy atom. The number of aromatic nitrogens is 2. The number of methoxy groups -OCH3 is 1. The van der Waals surface area contributed by atoms with Crippen LogP contribution in [0.25, 0.3) is 10.6 Å². The number of benzene rings is 2. The van der Waals surface area contributed by atoms with Gasteiger partial charge in [0.05, 0.1) is 6.61 Å². The maximum Gasteiger partial charge on any atom is 0.253 e. The van der Waals surface area contributed by atoms with Crippen molar-refractivity contribution in [3.8, 4) is 22.1 Å². The second-order valence-electron chi connectivity index (χ2n) is 8.36. The molecule has 1 N–H and O–H groups in total. The third kappa shape index (κ3) is 6.58. The Morgan fingerprint density at radius 3 is 2.67 bits per heavy atom. The van der Waals surface area contributed by atoms with Gasteiger partial charge in [-0.25, -0.2) is 0 Å². The topological polar surface area (TPSA) is 103 Å². The number of hydrogen-bond donors (Lipinski definition) is 1. The second kappa shape index (κ2) is 12.5. The normalized spacial score (nSPS) is 11.9. The van der Waals surface area contributed by atoms with Gasteiger partial charge in [0, 0.05) is 37.7 Å². The molecule has 9 nitrogen and oxygen atoms in total. The molecule has 0 bridgehead atoms. The lowest BCUT2D eigenvalue weighted by molar-refractivity contribution is -0.116. The number of ether oxygens (including phenoxy) is 3. The van der Waals surface area contributed by atoms with E-state index in [4.69, 9.17) is 14.2 Å². The second-order valence-corrected chi connectivity index (χ2v) is 9.34. The molecule has 36 heavy (non-hydrogen) atoms. The van der Waals surface area contributed by atoms with Crippen LogP contribution in [0, 0.1) is 0 Å². The minimum absolute atomic E-state index is 0.122. The number of aryl methyl sites for hydroxylation is 1. The zero-order valence-corrected chi connectivity index (χ0v) is 21.3. The maximum atomic E-state index is 13.1. The van der Waals surface area contributed by atoms with Crippen LogP contribution in [-0.4, -0.2) is 60.5 Å². The summed E-state index contributed by atoms with van der Waals surface area (Å²) in [5, 5.41) is 12.1. The highest BCUT2D eigenvalue weighted by atomic mass is 32.1. The van der Waals surface area contributed by atoms with Gasteiger partial charge in [0.25, 0.3) is 5.91 Å². The fraction of sp³-hybridized carbons (Fsp3) is 0.385. The largest absolute Gasteiger partial charge is 0.454 e. The number of nitrogens with zero attached hydrogens (tertiary/aromatic N) is 3. The Balaban J connectivity index is 1.33. The molecule has 190 valence electrons. The van der Waals surface area contributed by atoms with Gasteiger partial charge >= 0.3 is 0 Å². The van der Waals surface area contributed by atoms with Gasteiger partial charge in [-0.3, -0.25) is 9.59 Å². The van der Waals surface area contributed by atoms with Crippen LogP contribution in [0.3, 0.4) is 0 Å². The molecule has 2 heterocycles. The lowest BCUT2D eigenvalue weighted by Crippen LogP contribution is -2.36. The van der Waals surface area contributed by atoms with Gasteiger partial charge in [0.15, 0.2) is 11.5 Å². The fourth-order valence-electron chi connectivity index (χ4n) is 3.73. The van der Waals surface area contributed by atoms with Gasteiger partial charge in [-0.15, -0.1) is 10.2 Å². The number of anilines is 1. The van der Waals surface area contributed by atoms with E-state index in [-0.39, 0.29) is 31.6 Å². The summed E-state index contributed by atoms with van der Waals surface area (Å²) < 4.78 is 15.9. The minimum Gasteiger partial charge on any atom is -0.454 e. The van der Waals surface area contributed by atoms with E-state index in [9.17, 15) is 9.59 Å². The van der Waals surface area contributed by atoms with Gasteiger partial charge in [0.2, 0.25) is 17.8 Å². The summed E-state index contributed by atoms with van der Waals surface area (Å²) in [5.74, 6) is 0.984. The number of nitrogens with one attached hydrogen (secondary N) is 1. The predicted molar refractivity (Wildman–Crippen MR) is 138 cm³/mol. The Morgan fingerprint density at radius 2 is 1.89 bits per heavy atom. The van der Waals surface area contributed by atoms with Gasteiger partial charge in [-0.2, -0.15) is 0 Å². The molecule has 1 aliphatic rings. The molecule has 0 aliphatic carbocycles. The predicted octanol–water partition coefficient (Wildman–Crippen LogP) is 4.39. The van der Waals surface area contributed by atoms with Gasteiger partial charge < -0.3 is 24.4 Å². The number of amides is 2. The van der Waals surface area contributed by atoms with Crippen molar-refractivity contribution in [1.29, 1.82) is 0 Å². The first-order valence-corrected chi connectivity index (χ1v) is 12.8. The molecule has 0 saturated heterocycles. The number of unbranched alkanes of at least 4 members (excludes halogenated alkanes) is 1. The highest BCUT2D eigenvalue weighted by Crippen LogP contribution is 2.37. The molecule has 0 atom stereocenters. The number of hydrogen-bond acceptors (Lipinski definition) is 8. The van der Waals surface area contributed by atoms with Crippen LogP contribution < -0.4 is 14.8 Å². The Hall–Kier alpha value is -3.50. The molecule has 1 aliphatic heterocycles. The number of carbonyl (C=O) groups is 2. The quantitative estimate of drug-likeness (QED) is 0.385. The summed E-state index contributed by atoms with van der Waals surface area (Å²) >= 11 is 1.27. The summed E-state index contributed by atoms with van der Waals surface area (Å²) in [5.41, 5.74) is 2.65. The Kier molecular flexibility index (Phi) is 8.85. The molecule has 0 unspecified atom stereocenters. The van der Waals surface area contributed by atoms with Crippen LogP contribution in [0.5, 0.6) is 11.5 Å². The molecule has 3 aromatic rings. The highest BCUT2D eigenvalue weighted by Gasteiger charge is 2.19. The van der Waals surface area contributed by atoms with E-state index in [1.54, 1.807) is 12.0 Å². The molecule has 0 radical (unpaired) electrons. The first-order valence-electron chi connectivity index (χ1n) is 12.0. The van der Waals surface area contributed by atoms with Gasteiger partial charge in [-0.1, -0.05) is 36.8 Å². The monoisotopic (exact) mass is 510 g/mol. The van der Waals surface area contributed by atoms with Crippen LogP contribution in [0.2, 0.25) is 0 Å². The smallest absolute Gasteiger partial charge is 0.253 e. The van der Waals surface area contributed by atoms with E-state index in [1.807, 2.05) is 42.5 Å². The third-order valence-electron chi connectivity index (χ3n) is 5.77. The minimum atomic E-state index is -0.242. The van der Waals surface area contributed by atoms with Crippen molar-refractivity contribution < 1.29 is 23.8 Å². The van der Waals surface area contributed by atoms with Crippen molar-refractivity contribution in [3.63, 3.8) is 0 Å². The van der Waals surface area contributed by atoms with Crippen molar-refractivity contribution in [3.05, 3.63) is 53.6 Å². The van der Waals surface area contributed by atoms with Crippen LogP contribution in [0.4, 0.5) is 5.13 Å². The van der Waals surface area contributed by atoms with E-state index in [0.717, 1.165) is 24.8 Å². The number of rotatable bonds is 12. The fourth-order valence-corrected chi connectivity index (χ4v) is 4.49. The van der Waals surface area contributed by atoms with Crippen LogP contribution in [-0.2, 0) is 16.0 Å². The molecule has 2 aromatic carbocycles. The number of carbonyl (C=O) groups excluding carboxylic acids is 2. The Bertz CT molecular complexity index is 1180. The van der Waals surface area contributed by atoms with Crippen molar-refractivity contribution in [2.45, 2.75) is 32.6 Å². The van der Waals surface area contributed by atoms with Crippen molar-refractivity contribution >= 4 is 28.3 Å². The summed E-state index contributed by atoms with van der Waals surface area (Å²) in [6.07, 6.45) is 3.38. The lowest BCUT2D eigenvalue weighted by Gasteiger charge is -2.22. The zero-order valence-electron chi connectivity index (χ0n) is 20.5. The molecule has 0 spiro atoms. The van der Waals surface area contributed by atoms with Gasteiger partial charge in [-0.05, 0) is 48.7 Å². The van der Waals surface area contributed by atoms with Crippen LogP contribution in [0.1, 0.15) is 42.1 Å². The van der Waals surface area contributed by atoms with Crippen LogP contribution in [0.15, 0.2) is 42.5 Å². The number of fused-ring (bicyclic) bond motifs is 1. The zero-order chi connectivity index (χ0) is 25.3. The Labute approximate surface area is 214 Å². The van der Waals surface area contributed by atoms with Crippen molar-refractivity contribution in [2.75, 3.05) is 38.9 Å². The highest BCUT2D eigenvalue weighted by molar-refractivity contribution is 7.18. The first-order chi connectivity index (χ1) is 17.6. The van der Waals surface area contributed by atoms with E-state index in [2.05, 4.69) is 22.4 Å².